The highest BCUT2D eigenvalue weighted by Crippen LogP contribution is 2.20. The molecule has 1 atom stereocenters. The van der Waals surface area contributed by atoms with Crippen LogP contribution in [0.3, 0.4) is 0 Å². The van der Waals surface area contributed by atoms with Crippen LogP contribution in [0.25, 0.3) is 11.0 Å². The molecule has 1 aromatic carbocycles. The number of aliphatic imine (C=N–C) groups is 1. The van der Waals surface area contributed by atoms with E-state index in [1.165, 1.54) is 5.52 Å². The number of rotatable bonds is 7. The molecule has 6 nitrogen and oxygen atoms in total. The van der Waals surface area contributed by atoms with Crippen LogP contribution in [0, 0.1) is 12.3 Å². The van der Waals surface area contributed by atoms with Gasteiger partial charge in [-0.2, -0.15) is 0 Å². The Hall–Kier alpha value is -1.35. The molecule has 0 saturated heterocycles. The molecule has 0 saturated carbocycles. The van der Waals surface area contributed by atoms with E-state index in [1.54, 1.807) is 14.2 Å². The molecule has 1 heterocycles. The number of halogens is 1. The highest BCUT2D eigenvalue weighted by atomic mass is 127. The fourth-order valence-electron chi connectivity index (χ4n) is 3.08. The zero-order valence-electron chi connectivity index (χ0n) is 17.4. The maximum Gasteiger partial charge on any atom is 0.191 e. The van der Waals surface area contributed by atoms with Gasteiger partial charge >= 0.3 is 0 Å². The Labute approximate surface area is 180 Å². The molecular formula is C20H34IN5O. The van der Waals surface area contributed by atoms with Crippen LogP contribution in [0.1, 0.15) is 33.0 Å². The predicted molar refractivity (Wildman–Crippen MR) is 124 cm³/mol. The van der Waals surface area contributed by atoms with Crippen LogP contribution in [0.2, 0.25) is 0 Å². The van der Waals surface area contributed by atoms with Crippen LogP contribution in [-0.2, 0) is 11.3 Å². The van der Waals surface area contributed by atoms with Gasteiger partial charge in [-0.3, -0.25) is 4.99 Å². The molecule has 0 amide bonds. The first kappa shape index (κ1) is 23.7. The Balaban J connectivity index is 0.00000364. The fourth-order valence-corrected chi connectivity index (χ4v) is 3.08. The number of nitrogens with zero attached hydrogens (tertiary/aromatic N) is 3. The number of hydrogen-bond acceptors (Lipinski definition) is 3. The molecule has 152 valence electrons. The van der Waals surface area contributed by atoms with Gasteiger partial charge in [0.1, 0.15) is 5.82 Å². The van der Waals surface area contributed by atoms with E-state index in [4.69, 9.17) is 4.74 Å². The summed E-state index contributed by atoms with van der Waals surface area (Å²) in [6, 6.07) is 8.28. The average Bonchev–Trinajstić information content (AvgIpc) is 2.91. The molecule has 0 aliphatic carbocycles. The van der Waals surface area contributed by atoms with E-state index in [1.807, 2.05) is 6.07 Å². The van der Waals surface area contributed by atoms with E-state index >= 15 is 0 Å². The SMILES string of the molecule is CN=C(NCCCn1c(C)nc2ccccc21)NCC(OC)C(C)(C)C.I. The van der Waals surface area contributed by atoms with E-state index in [9.17, 15) is 0 Å². The molecular weight excluding hydrogens is 453 g/mol. The van der Waals surface area contributed by atoms with Crippen LogP contribution in [0.5, 0.6) is 0 Å². The molecule has 0 aliphatic rings. The fraction of sp³-hybridized carbons (Fsp3) is 0.600. The van der Waals surface area contributed by atoms with Crippen molar-refractivity contribution >= 4 is 41.0 Å². The zero-order valence-corrected chi connectivity index (χ0v) is 19.7. The molecule has 2 rings (SSSR count). The summed E-state index contributed by atoms with van der Waals surface area (Å²) >= 11 is 0. The molecule has 1 unspecified atom stereocenters. The van der Waals surface area contributed by atoms with Crippen molar-refractivity contribution < 1.29 is 4.74 Å². The van der Waals surface area contributed by atoms with Crippen molar-refractivity contribution in [2.45, 2.75) is 46.8 Å². The normalized spacial score (nSPS) is 13.3. The lowest BCUT2D eigenvalue weighted by atomic mass is 9.89. The van der Waals surface area contributed by atoms with Crippen molar-refractivity contribution in [2.75, 3.05) is 27.2 Å². The van der Waals surface area contributed by atoms with E-state index < -0.39 is 0 Å². The third kappa shape index (κ3) is 6.64. The highest BCUT2D eigenvalue weighted by Gasteiger charge is 2.24. The number of aryl methyl sites for hydroxylation is 2. The number of aromatic nitrogens is 2. The number of methoxy groups -OCH3 is 1. The maximum atomic E-state index is 5.58. The second-order valence-electron chi connectivity index (χ2n) is 7.62. The summed E-state index contributed by atoms with van der Waals surface area (Å²) in [5, 5.41) is 6.74. The lowest BCUT2D eigenvalue weighted by Crippen LogP contribution is -2.45. The largest absolute Gasteiger partial charge is 0.379 e. The number of guanidine groups is 1. The maximum absolute atomic E-state index is 5.58. The summed E-state index contributed by atoms with van der Waals surface area (Å²) in [6.07, 6.45) is 1.12. The van der Waals surface area contributed by atoms with Crippen molar-refractivity contribution in [3.8, 4) is 0 Å². The minimum absolute atomic E-state index is 0. The van der Waals surface area contributed by atoms with Gasteiger partial charge in [-0.15, -0.1) is 24.0 Å². The Bertz CT molecular complexity index is 736. The molecule has 0 aliphatic heterocycles. The van der Waals surface area contributed by atoms with Gasteiger partial charge in [0.05, 0.1) is 17.1 Å². The zero-order chi connectivity index (χ0) is 19.2. The van der Waals surface area contributed by atoms with Crippen molar-refractivity contribution in [1.82, 2.24) is 20.2 Å². The molecule has 0 bridgehead atoms. The third-order valence-corrected chi connectivity index (χ3v) is 4.63. The third-order valence-electron chi connectivity index (χ3n) is 4.63. The van der Waals surface area contributed by atoms with Gasteiger partial charge < -0.3 is 19.9 Å². The van der Waals surface area contributed by atoms with Gasteiger partial charge in [0.2, 0.25) is 0 Å². The van der Waals surface area contributed by atoms with Gasteiger partial charge in [-0.25, -0.2) is 4.98 Å². The topological polar surface area (TPSA) is 63.5 Å². The van der Waals surface area contributed by atoms with Gasteiger partial charge in [0.15, 0.2) is 5.96 Å². The second kappa shape index (κ2) is 10.8. The number of imidazole rings is 1. The number of nitrogens with one attached hydrogen (secondary N) is 2. The predicted octanol–water partition coefficient (Wildman–Crippen LogP) is 3.58. The minimum Gasteiger partial charge on any atom is -0.379 e. The van der Waals surface area contributed by atoms with Crippen LogP contribution in [0.15, 0.2) is 29.3 Å². The summed E-state index contributed by atoms with van der Waals surface area (Å²) < 4.78 is 7.85. The molecule has 27 heavy (non-hydrogen) atoms. The molecule has 1 aromatic heterocycles. The van der Waals surface area contributed by atoms with Crippen LogP contribution < -0.4 is 10.6 Å². The van der Waals surface area contributed by atoms with Crippen molar-refractivity contribution in [2.24, 2.45) is 10.4 Å². The average molecular weight is 487 g/mol. The summed E-state index contributed by atoms with van der Waals surface area (Å²) in [5.74, 6) is 1.87. The number of hydrogen-bond donors (Lipinski definition) is 2. The summed E-state index contributed by atoms with van der Waals surface area (Å²) in [7, 11) is 3.55. The number of ether oxygens (including phenoxy) is 1. The van der Waals surface area contributed by atoms with E-state index in [-0.39, 0.29) is 35.5 Å². The summed E-state index contributed by atoms with van der Waals surface area (Å²) in [5.41, 5.74) is 2.34. The Morgan fingerprint density at radius 2 is 1.96 bits per heavy atom. The smallest absolute Gasteiger partial charge is 0.191 e. The van der Waals surface area contributed by atoms with Crippen LogP contribution >= 0.6 is 24.0 Å². The van der Waals surface area contributed by atoms with Crippen LogP contribution in [-0.4, -0.2) is 48.9 Å². The van der Waals surface area contributed by atoms with Gasteiger partial charge in [0, 0.05) is 33.8 Å². The Morgan fingerprint density at radius 3 is 2.59 bits per heavy atom. The Kier molecular flexibility index (Phi) is 9.52. The number of benzene rings is 1. The van der Waals surface area contributed by atoms with Gasteiger partial charge in [-0.1, -0.05) is 32.9 Å². The van der Waals surface area contributed by atoms with Crippen molar-refractivity contribution in [3.63, 3.8) is 0 Å². The monoisotopic (exact) mass is 487 g/mol. The number of fused-ring (bicyclic) bond motifs is 1. The van der Waals surface area contributed by atoms with Crippen molar-refractivity contribution in [1.29, 1.82) is 0 Å². The molecule has 0 fully saturated rings. The van der Waals surface area contributed by atoms with E-state index in [2.05, 4.69) is 71.1 Å². The summed E-state index contributed by atoms with van der Waals surface area (Å²) in [4.78, 5) is 8.92. The lowest BCUT2D eigenvalue weighted by Gasteiger charge is -2.30. The quantitative estimate of drug-likeness (QED) is 0.271. The molecule has 2 aromatic rings. The first-order valence-corrected chi connectivity index (χ1v) is 9.26. The molecule has 7 heteroatoms. The van der Waals surface area contributed by atoms with E-state index in [0.29, 0.717) is 0 Å². The standard InChI is InChI=1S/C20H33N5O.HI/c1-15-24-16-10-7-8-11-17(16)25(15)13-9-12-22-19(21-5)23-14-18(26-6)20(2,3)4;/h7-8,10-11,18H,9,12-14H2,1-6H3,(H2,21,22,23);1H. The minimum atomic E-state index is 0. The van der Waals surface area contributed by atoms with Crippen molar-refractivity contribution in [3.05, 3.63) is 30.1 Å². The van der Waals surface area contributed by atoms with E-state index in [0.717, 1.165) is 43.4 Å². The molecule has 0 spiro atoms. The molecule has 0 radical (unpaired) electrons. The van der Waals surface area contributed by atoms with Crippen LogP contribution in [0.4, 0.5) is 0 Å². The highest BCUT2D eigenvalue weighted by molar-refractivity contribution is 14.0. The Morgan fingerprint density at radius 1 is 1.26 bits per heavy atom. The van der Waals surface area contributed by atoms with Gasteiger partial charge in [0.25, 0.3) is 0 Å². The molecule has 2 N–H and O–H groups in total. The summed E-state index contributed by atoms with van der Waals surface area (Å²) in [6.45, 7) is 11.1. The van der Waals surface area contributed by atoms with Gasteiger partial charge in [-0.05, 0) is 30.9 Å². The first-order valence-electron chi connectivity index (χ1n) is 9.26. The second-order valence-corrected chi connectivity index (χ2v) is 7.62. The lowest BCUT2D eigenvalue weighted by molar-refractivity contribution is 0.0205. The first-order chi connectivity index (χ1) is 12.4. The number of para-hydroxylation sites is 2.